The maximum absolute atomic E-state index is 15.3. The Morgan fingerprint density at radius 1 is 1.06 bits per heavy atom. The number of halogens is 4. The van der Waals surface area contributed by atoms with Crippen LogP contribution in [-0.2, 0) is 22.6 Å². The van der Waals surface area contributed by atoms with Crippen LogP contribution in [-0.4, -0.2) is 31.2 Å². The average molecular weight is 495 g/mol. The van der Waals surface area contributed by atoms with E-state index in [9.17, 15) is 21.6 Å². The van der Waals surface area contributed by atoms with Crippen LogP contribution in [0.15, 0.2) is 59.8 Å². The summed E-state index contributed by atoms with van der Waals surface area (Å²) in [6.45, 7) is 0.714. The first-order valence-electron chi connectivity index (χ1n) is 10.5. The largest absolute Gasteiger partial charge is 0.416 e. The Morgan fingerprint density at radius 3 is 2.35 bits per heavy atom. The van der Waals surface area contributed by atoms with Gasteiger partial charge in [0.2, 0.25) is 5.82 Å². The number of nitrogens with zero attached hydrogens (tertiary/aromatic N) is 3. The Balaban J connectivity index is 1.51. The molecule has 1 atom stereocenters. The second-order valence-corrected chi connectivity index (χ2v) is 10.1. The number of benzene rings is 2. The molecule has 1 aromatic heterocycles. The van der Waals surface area contributed by atoms with Gasteiger partial charge in [0.15, 0.2) is 21.5 Å². The number of hydrogen-bond donors (Lipinski definition) is 1. The van der Waals surface area contributed by atoms with Crippen molar-refractivity contribution in [2.45, 2.75) is 36.5 Å². The Hall–Kier alpha value is -3.21. The lowest BCUT2D eigenvalue weighted by atomic mass is 10.0. The molecule has 0 radical (unpaired) electrons. The molecule has 2 heterocycles. The van der Waals surface area contributed by atoms with Crippen molar-refractivity contribution in [3.8, 4) is 0 Å². The summed E-state index contributed by atoms with van der Waals surface area (Å²) in [5, 5.41) is 2.90. The second kappa shape index (κ2) is 9.21. The molecule has 1 fully saturated rings. The lowest BCUT2D eigenvalue weighted by molar-refractivity contribution is -0.137. The van der Waals surface area contributed by atoms with Gasteiger partial charge in [-0.3, -0.25) is 0 Å². The van der Waals surface area contributed by atoms with Gasteiger partial charge < -0.3 is 10.2 Å². The van der Waals surface area contributed by atoms with Crippen molar-refractivity contribution in [2.75, 3.05) is 23.0 Å². The second-order valence-electron chi connectivity index (χ2n) is 8.10. The minimum Gasteiger partial charge on any atom is -0.363 e. The van der Waals surface area contributed by atoms with Crippen molar-refractivity contribution in [1.82, 2.24) is 9.97 Å². The van der Waals surface area contributed by atoms with E-state index in [-0.39, 0.29) is 29.1 Å². The van der Waals surface area contributed by atoms with Crippen molar-refractivity contribution in [3.63, 3.8) is 0 Å². The molecule has 1 aliphatic rings. The van der Waals surface area contributed by atoms with E-state index in [0.29, 0.717) is 18.5 Å². The summed E-state index contributed by atoms with van der Waals surface area (Å²) < 4.78 is 77.1. The predicted molar refractivity (Wildman–Crippen MR) is 120 cm³/mol. The number of anilines is 2. The molecule has 1 saturated heterocycles. The fourth-order valence-electron chi connectivity index (χ4n) is 3.99. The molecule has 1 aliphatic heterocycles. The molecule has 180 valence electrons. The standard InChI is InChI=1S/C23H22F4N4O2S/c1-34(32,33)18-10-4-15(5-11-18)13-28-21-20(24)22(30-14-29-21)31-12-2-3-19(31)16-6-8-17(9-7-16)23(25,26)27/h4-11,14,19H,2-3,12-13H2,1H3,(H,28,29,30)/t19-/m1/s1. The molecule has 0 saturated carbocycles. The molecule has 1 N–H and O–H groups in total. The van der Waals surface area contributed by atoms with E-state index in [4.69, 9.17) is 0 Å². The lowest BCUT2D eigenvalue weighted by Gasteiger charge is -2.27. The highest BCUT2D eigenvalue weighted by atomic mass is 32.2. The summed E-state index contributed by atoms with van der Waals surface area (Å²) >= 11 is 0. The van der Waals surface area contributed by atoms with Gasteiger partial charge in [-0.05, 0) is 48.2 Å². The first-order valence-corrected chi connectivity index (χ1v) is 12.4. The molecule has 6 nitrogen and oxygen atoms in total. The van der Waals surface area contributed by atoms with Crippen LogP contribution < -0.4 is 10.2 Å². The Labute approximate surface area is 194 Å². The summed E-state index contributed by atoms with van der Waals surface area (Å²) in [4.78, 5) is 10.0. The SMILES string of the molecule is CS(=O)(=O)c1ccc(CNc2ncnc(N3CCC[C@@H]3c3ccc(C(F)(F)F)cc3)c2F)cc1. The summed E-state index contributed by atoms with van der Waals surface area (Å²) in [6.07, 6.45) is -0.669. The molecular formula is C23H22F4N4O2S. The van der Waals surface area contributed by atoms with Gasteiger partial charge in [-0.15, -0.1) is 0 Å². The minimum atomic E-state index is -4.42. The van der Waals surface area contributed by atoms with Crippen molar-refractivity contribution in [2.24, 2.45) is 0 Å². The number of aromatic nitrogens is 2. The molecule has 3 aromatic rings. The number of sulfone groups is 1. The van der Waals surface area contributed by atoms with E-state index in [0.717, 1.165) is 30.4 Å². The van der Waals surface area contributed by atoms with Crippen molar-refractivity contribution < 1.29 is 26.0 Å². The number of alkyl halides is 3. The van der Waals surface area contributed by atoms with Crippen LogP contribution in [0.4, 0.5) is 29.2 Å². The van der Waals surface area contributed by atoms with Crippen molar-refractivity contribution in [3.05, 3.63) is 77.4 Å². The molecule has 0 spiro atoms. The first kappa shape index (κ1) is 23.9. The fraction of sp³-hybridized carbons (Fsp3) is 0.304. The van der Waals surface area contributed by atoms with Crippen LogP contribution >= 0.6 is 0 Å². The zero-order valence-electron chi connectivity index (χ0n) is 18.2. The summed E-state index contributed by atoms with van der Waals surface area (Å²) in [5.41, 5.74) is 0.657. The highest BCUT2D eigenvalue weighted by Crippen LogP contribution is 2.38. The number of rotatable bonds is 6. The van der Waals surface area contributed by atoms with Crippen molar-refractivity contribution >= 4 is 21.5 Å². The van der Waals surface area contributed by atoms with Crippen LogP contribution in [0.25, 0.3) is 0 Å². The molecule has 34 heavy (non-hydrogen) atoms. The Bertz CT molecular complexity index is 1260. The maximum Gasteiger partial charge on any atom is 0.416 e. The van der Waals surface area contributed by atoms with E-state index in [1.807, 2.05) is 0 Å². The number of nitrogens with one attached hydrogen (secondary N) is 1. The molecule has 4 rings (SSSR count). The van der Waals surface area contributed by atoms with Gasteiger partial charge in [-0.25, -0.2) is 18.4 Å². The molecule has 0 bridgehead atoms. The number of hydrogen-bond acceptors (Lipinski definition) is 6. The predicted octanol–water partition coefficient (Wildman–Crippen LogP) is 4.99. The average Bonchev–Trinajstić information content (AvgIpc) is 3.27. The van der Waals surface area contributed by atoms with Gasteiger partial charge in [0, 0.05) is 19.3 Å². The molecule has 0 aliphatic carbocycles. The summed E-state index contributed by atoms with van der Waals surface area (Å²) in [6, 6.07) is 10.8. The van der Waals surface area contributed by atoms with Crippen LogP contribution in [0.2, 0.25) is 0 Å². The molecular weight excluding hydrogens is 472 g/mol. The van der Waals surface area contributed by atoms with Gasteiger partial charge in [0.05, 0.1) is 16.5 Å². The molecule has 0 amide bonds. The molecule has 2 aromatic carbocycles. The third-order valence-corrected chi connectivity index (χ3v) is 6.86. The van der Waals surface area contributed by atoms with Gasteiger partial charge in [0.1, 0.15) is 6.33 Å². The summed E-state index contributed by atoms with van der Waals surface area (Å²) in [7, 11) is -3.31. The zero-order chi connectivity index (χ0) is 24.5. The van der Waals surface area contributed by atoms with E-state index in [2.05, 4.69) is 15.3 Å². The lowest BCUT2D eigenvalue weighted by Crippen LogP contribution is -2.25. The van der Waals surface area contributed by atoms with Gasteiger partial charge in [0.25, 0.3) is 0 Å². The third-order valence-electron chi connectivity index (χ3n) is 5.73. The van der Waals surface area contributed by atoms with E-state index < -0.39 is 27.4 Å². The van der Waals surface area contributed by atoms with Crippen molar-refractivity contribution in [1.29, 1.82) is 0 Å². The Morgan fingerprint density at radius 2 is 1.74 bits per heavy atom. The molecule has 0 unspecified atom stereocenters. The normalized spacial score (nSPS) is 16.6. The zero-order valence-corrected chi connectivity index (χ0v) is 19.0. The van der Waals surface area contributed by atoms with Gasteiger partial charge in [-0.2, -0.15) is 17.6 Å². The Kier molecular flexibility index (Phi) is 6.48. The highest BCUT2D eigenvalue weighted by molar-refractivity contribution is 7.90. The minimum absolute atomic E-state index is 0.0183. The molecule has 11 heteroatoms. The van der Waals surface area contributed by atoms with E-state index >= 15 is 4.39 Å². The summed E-state index contributed by atoms with van der Waals surface area (Å²) in [5.74, 6) is -0.600. The van der Waals surface area contributed by atoms with Crippen LogP contribution in [0.5, 0.6) is 0 Å². The fourth-order valence-corrected chi connectivity index (χ4v) is 4.62. The van der Waals surface area contributed by atoms with Gasteiger partial charge in [-0.1, -0.05) is 24.3 Å². The smallest absolute Gasteiger partial charge is 0.363 e. The maximum atomic E-state index is 15.3. The van der Waals surface area contributed by atoms with Crippen LogP contribution in [0, 0.1) is 5.82 Å². The first-order chi connectivity index (χ1) is 16.0. The highest BCUT2D eigenvalue weighted by Gasteiger charge is 2.33. The van der Waals surface area contributed by atoms with Crippen LogP contribution in [0.1, 0.15) is 35.6 Å². The van der Waals surface area contributed by atoms with E-state index in [1.54, 1.807) is 17.0 Å². The van der Waals surface area contributed by atoms with Crippen LogP contribution in [0.3, 0.4) is 0 Å². The monoisotopic (exact) mass is 494 g/mol. The van der Waals surface area contributed by atoms with E-state index in [1.165, 1.54) is 30.6 Å². The topological polar surface area (TPSA) is 75.2 Å². The third kappa shape index (κ3) is 5.14. The van der Waals surface area contributed by atoms with Gasteiger partial charge >= 0.3 is 6.18 Å². The quantitative estimate of drug-likeness (QED) is 0.487.